The Bertz CT molecular complexity index is 657. The monoisotopic (exact) mass is 395 g/mol. The second kappa shape index (κ2) is 5.51. The quantitative estimate of drug-likeness (QED) is 0.732. The van der Waals surface area contributed by atoms with Gasteiger partial charge in [-0.1, -0.05) is 50.1 Å². The highest BCUT2D eigenvalue weighted by Gasteiger charge is 2.28. The lowest BCUT2D eigenvalue weighted by molar-refractivity contribution is 0.160. The molecule has 0 aromatic heterocycles. The van der Waals surface area contributed by atoms with Gasteiger partial charge < -0.3 is 10.5 Å². The van der Waals surface area contributed by atoms with Crippen molar-refractivity contribution in [3.05, 3.63) is 62.0 Å². The largest absolute Gasteiger partial charge is 0.485 e. The van der Waals surface area contributed by atoms with E-state index < -0.39 is 0 Å². The molecule has 0 fully saturated rings. The standard InChI is InChI=1S/C16H15Br2NO/c1-9-2-4-11(13(18)6-9)16-8-14(19)12-5-3-10(17)7-15(12)20-16/h2-7,14,16H,8,19H2,1H3/t14-,16?/m1/s1. The summed E-state index contributed by atoms with van der Waals surface area (Å²) in [5.74, 6) is 0.871. The molecule has 0 spiro atoms. The van der Waals surface area contributed by atoms with E-state index in [1.165, 1.54) is 5.56 Å². The molecule has 1 aliphatic rings. The first kappa shape index (κ1) is 14.1. The number of ether oxygens (including phenoxy) is 1. The van der Waals surface area contributed by atoms with E-state index in [0.717, 1.165) is 32.2 Å². The van der Waals surface area contributed by atoms with Crippen molar-refractivity contribution >= 4 is 31.9 Å². The molecule has 0 saturated heterocycles. The number of benzene rings is 2. The van der Waals surface area contributed by atoms with Crippen LogP contribution in [0.1, 0.15) is 35.3 Å². The molecular formula is C16H15Br2NO. The number of fused-ring (bicyclic) bond motifs is 1. The third-order valence-electron chi connectivity index (χ3n) is 3.62. The fourth-order valence-corrected chi connectivity index (χ4v) is 3.65. The molecule has 1 heterocycles. The van der Waals surface area contributed by atoms with Gasteiger partial charge in [0.1, 0.15) is 11.9 Å². The minimum atomic E-state index is -0.0122. The fourth-order valence-electron chi connectivity index (χ4n) is 2.56. The number of rotatable bonds is 1. The van der Waals surface area contributed by atoms with Crippen molar-refractivity contribution in [2.75, 3.05) is 0 Å². The van der Waals surface area contributed by atoms with Crippen molar-refractivity contribution < 1.29 is 4.74 Å². The van der Waals surface area contributed by atoms with Gasteiger partial charge in [-0.25, -0.2) is 0 Å². The van der Waals surface area contributed by atoms with Crippen molar-refractivity contribution in [3.63, 3.8) is 0 Å². The van der Waals surface area contributed by atoms with E-state index in [0.29, 0.717) is 0 Å². The average molecular weight is 397 g/mol. The SMILES string of the molecule is Cc1ccc(C2C[C@@H](N)c3ccc(Br)cc3O2)c(Br)c1. The zero-order valence-electron chi connectivity index (χ0n) is 11.1. The molecule has 0 radical (unpaired) electrons. The predicted octanol–water partition coefficient (Wildman–Crippen LogP) is 5.04. The smallest absolute Gasteiger partial charge is 0.127 e. The Hall–Kier alpha value is -0.840. The van der Waals surface area contributed by atoms with Crippen LogP contribution in [-0.4, -0.2) is 0 Å². The molecular weight excluding hydrogens is 382 g/mol. The summed E-state index contributed by atoms with van der Waals surface area (Å²) < 4.78 is 8.23. The normalized spacial score (nSPS) is 21.2. The molecule has 20 heavy (non-hydrogen) atoms. The lowest BCUT2D eigenvalue weighted by Gasteiger charge is -2.31. The van der Waals surface area contributed by atoms with Crippen molar-refractivity contribution in [3.8, 4) is 5.75 Å². The molecule has 1 aliphatic heterocycles. The van der Waals surface area contributed by atoms with Crippen LogP contribution in [0.5, 0.6) is 5.75 Å². The van der Waals surface area contributed by atoms with E-state index in [4.69, 9.17) is 10.5 Å². The third kappa shape index (κ3) is 2.65. The summed E-state index contributed by atoms with van der Waals surface area (Å²) in [6.07, 6.45) is 0.776. The minimum absolute atomic E-state index is 0.00468. The van der Waals surface area contributed by atoms with E-state index >= 15 is 0 Å². The number of nitrogens with two attached hydrogens (primary N) is 1. The van der Waals surface area contributed by atoms with Crippen LogP contribution in [0.2, 0.25) is 0 Å². The van der Waals surface area contributed by atoms with Gasteiger partial charge in [0, 0.05) is 32.5 Å². The fraction of sp³-hybridized carbons (Fsp3) is 0.250. The number of hydrogen-bond donors (Lipinski definition) is 1. The Labute approximate surface area is 135 Å². The topological polar surface area (TPSA) is 35.2 Å². The molecule has 0 amide bonds. The molecule has 2 atom stereocenters. The van der Waals surface area contributed by atoms with E-state index in [-0.39, 0.29) is 12.1 Å². The van der Waals surface area contributed by atoms with Crippen LogP contribution in [0.4, 0.5) is 0 Å². The van der Waals surface area contributed by atoms with Crippen molar-refractivity contribution in [1.82, 2.24) is 0 Å². The van der Waals surface area contributed by atoms with Gasteiger partial charge in [-0.15, -0.1) is 0 Å². The van der Waals surface area contributed by atoms with Gasteiger partial charge in [-0.05, 0) is 30.7 Å². The van der Waals surface area contributed by atoms with Crippen LogP contribution in [0, 0.1) is 6.92 Å². The van der Waals surface area contributed by atoms with Crippen LogP contribution < -0.4 is 10.5 Å². The summed E-state index contributed by atoms with van der Waals surface area (Å²) in [7, 11) is 0. The first-order chi connectivity index (χ1) is 9.54. The van der Waals surface area contributed by atoms with Crippen molar-refractivity contribution in [2.24, 2.45) is 5.73 Å². The molecule has 2 nitrogen and oxygen atoms in total. The second-order valence-electron chi connectivity index (χ2n) is 5.16. The number of hydrogen-bond acceptors (Lipinski definition) is 2. The van der Waals surface area contributed by atoms with E-state index in [1.54, 1.807) is 0 Å². The Morgan fingerprint density at radius 1 is 1.10 bits per heavy atom. The highest BCUT2D eigenvalue weighted by molar-refractivity contribution is 9.10. The van der Waals surface area contributed by atoms with Gasteiger partial charge >= 0.3 is 0 Å². The van der Waals surface area contributed by atoms with Crippen molar-refractivity contribution in [1.29, 1.82) is 0 Å². The van der Waals surface area contributed by atoms with Gasteiger partial charge in [0.2, 0.25) is 0 Å². The molecule has 3 rings (SSSR count). The van der Waals surface area contributed by atoms with E-state index in [1.807, 2.05) is 18.2 Å². The van der Waals surface area contributed by atoms with Gasteiger partial charge in [0.25, 0.3) is 0 Å². The Balaban J connectivity index is 1.98. The molecule has 2 aromatic carbocycles. The van der Waals surface area contributed by atoms with E-state index in [2.05, 4.69) is 57.0 Å². The zero-order valence-corrected chi connectivity index (χ0v) is 14.2. The molecule has 4 heteroatoms. The maximum atomic E-state index is 6.29. The summed E-state index contributed by atoms with van der Waals surface area (Å²) >= 11 is 7.11. The van der Waals surface area contributed by atoms with Crippen molar-refractivity contribution in [2.45, 2.75) is 25.5 Å². The summed E-state index contributed by atoms with van der Waals surface area (Å²) in [5.41, 5.74) is 9.75. The van der Waals surface area contributed by atoms with Gasteiger partial charge in [0.15, 0.2) is 0 Å². The Morgan fingerprint density at radius 3 is 2.60 bits per heavy atom. The van der Waals surface area contributed by atoms with Crippen LogP contribution >= 0.6 is 31.9 Å². The lowest BCUT2D eigenvalue weighted by Crippen LogP contribution is -2.24. The summed E-state index contributed by atoms with van der Waals surface area (Å²) in [6.45, 7) is 2.08. The molecule has 0 aliphatic carbocycles. The highest BCUT2D eigenvalue weighted by atomic mass is 79.9. The molecule has 1 unspecified atom stereocenters. The summed E-state index contributed by atoms with van der Waals surface area (Å²) in [6, 6.07) is 12.4. The molecule has 2 aromatic rings. The zero-order chi connectivity index (χ0) is 14.3. The van der Waals surface area contributed by atoms with Gasteiger partial charge in [-0.3, -0.25) is 0 Å². The van der Waals surface area contributed by atoms with Crippen LogP contribution in [0.15, 0.2) is 45.3 Å². The second-order valence-corrected chi connectivity index (χ2v) is 6.93. The predicted molar refractivity (Wildman–Crippen MR) is 87.9 cm³/mol. The maximum absolute atomic E-state index is 6.29. The minimum Gasteiger partial charge on any atom is -0.485 e. The Morgan fingerprint density at radius 2 is 1.85 bits per heavy atom. The summed E-state index contributed by atoms with van der Waals surface area (Å²) in [4.78, 5) is 0. The Kier molecular flexibility index (Phi) is 3.89. The van der Waals surface area contributed by atoms with E-state index in [9.17, 15) is 0 Å². The summed E-state index contributed by atoms with van der Waals surface area (Å²) in [5, 5.41) is 0. The van der Waals surface area contributed by atoms with Gasteiger partial charge in [0.05, 0.1) is 0 Å². The number of halogens is 2. The van der Waals surface area contributed by atoms with Crippen LogP contribution in [-0.2, 0) is 0 Å². The van der Waals surface area contributed by atoms with Gasteiger partial charge in [-0.2, -0.15) is 0 Å². The maximum Gasteiger partial charge on any atom is 0.127 e. The lowest BCUT2D eigenvalue weighted by atomic mass is 9.93. The number of aryl methyl sites for hydroxylation is 1. The first-order valence-electron chi connectivity index (χ1n) is 6.52. The third-order valence-corrected chi connectivity index (χ3v) is 4.80. The molecule has 0 bridgehead atoms. The molecule has 104 valence electrons. The molecule has 2 N–H and O–H groups in total. The average Bonchev–Trinajstić information content (AvgIpc) is 2.37. The highest BCUT2D eigenvalue weighted by Crippen LogP contribution is 2.42. The first-order valence-corrected chi connectivity index (χ1v) is 8.11. The van der Waals surface area contributed by atoms with Crippen LogP contribution in [0.25, 0.3) is 0 Å². The molecule has 0 saturated carbocycles. The van der Waals surface area contributed by atoms with Crippen LogP contribution in [0.3, 0.4) is 0 Å².